The molecule has 10 heteroatoms. The molecular weight excluding hydrogens is 446 g/mol. The molecule has 31 heavy (non-hydrogen) atoms. The summed E-state index contributed by atoms with van der Waals surface area (Å²) < 4.78 is 18.7. The van der Waals surface area contributed by atoms with Crippen LogP contribution in [0.3, 0.4) is 0 Å². The summed E-state index contributed by atoms with van der Waals surface area (Å²) in [6.45, 7) is 20.3. The third-order valence-electron chi connectivity index (χ3n) is 4.98. The Labute approximate surface area is 191 Å². The molecule has 0 radical (unpaired) electrons. The van der Waals surface area contributed by atoms with E-state index >= 15 is 0 Å². The zero-order valence-electron chi connectivity index (χ0n) is 20.7. The van der Waals surface area contributed by atoms with E-state index in [1.54, 1.807) is 6.92 Å². The van der Waals surface area contributed by atoms with Crippen LogP contribution in [0.5, 0.6) is 0 Å². The average Bonchev–Trinajstić information content (AvgIpc) is 2.57. The molecule has 2 N–H and O–H groups in total. The van der Waals surface area contributed by atoms with Gasteiger partial charge in [0.25, 0.3) is 0 Å². The predicted octanol–water partition coefficient (Wildman–Crippen LogP) is 3.92. The smallest absolute Gasteiger partial charge is 0.325 e. The molecule has 1 aliphatic rings. The number of carbonyl (C=O) groups is 2. The SMILES string of the molecule is C=C(C)C(=O)NCC(=O)OC1CC(CC[Si](C)(O[Si](C)(C)C)O[Si](C)(C)C)CCC1O. The summed E-state index contributed by atoms with van der Waals surface area (Å²) in [4.78, 5) is 23.7. The molecule has 0 heterocycles. The second-order valence-corrected chi connectivity index (χ2v) is 23.7. The number of esters is 1. The van der Waals surface area contributed by atoms with E-state index in [2.05, 4.69) is 57.7 Å². The third kappa shape index (κ3) is 11.6. The number of aliphatic hydroxyl groups excluding tert-OH is 1. The zero-order valence-corrected chi connectivity index (χ0v) is 23.7. The van der Waals surface area contributed by atoms with E-state index < -0.39 is 43.4 Å². The van der Waals surface area contributed by atoms with Gasteiger partial charge in [-0.15, -0.1) is 0 Å². The minimum atomic E-state index is -2.31. The molecule has 0 bridgehead atoms. The summed E-state index contributed by atoms with van der Waals surface area (Å²) in [5, 5.41) is 12.8. The molecule has 0 aliphatic heterocycles. The summed E-state index contributed by atoms with van der Waals surface area (Å²) in [5.41, 5.74) is 0.332. The maximum atomic E-state index is 12.1. The molecule has 7 nitrogen and oxygen atoms in total. The molecule has 1 rings (SSSR count). The van der Waals surface area contributed by atoms with Crippen molar-refractivity contribution in [1.29, 1.82) is 0 Å². The highest BCUT2D eigenvalue weighted by Crippen LogP contribution is 2.34. The number of hydrogen-bond acceptors (Lipinski definition) is 6. The van der Waals surface area contributed by atoms with E-state index in [-0.39, 0.29) is 12.5 Å². The fourth-order valence-corrected chi connectivity index (χ4v) is 16.6. The van der Waals surface area contributed by atoms with Crippen LogP contribution < -0.4 is 5.32 Å². The molecule has 1 aliphatic carbocycles. The van der Waals surface area contributed by atoms with Crippen molar-refractivity contribution in [3.05, 3.63) is 12.2 Å². The molecular formula is C21H43NO6Si3. The lowest BCUT2D eigenvalue weighted by molar-refractivity contribution is -0.158. The van der Waals surface area contributed by atoms with Crippen LogP contribution in [0, 0.1) is 5.92 Å². The van der Waals surface area contributed by atoms with Crippen LogP contribution in [0.4, 0.5) is 0 Å². The number of rotatable bonds is 11. The van der Waals surface area contributed by atoms with Gasteiger partial charge in [0.05, 0.1) is 6.10 Å². The normalized spacial score (nSPS) is 22.7. The maximum Gasteiger partial charge on any atom is 0.325 e. The van der Waals surface area contributed by atoms with Crippen LogP contribution in [0.1, 0.15) is 32.6 Å². The molecule has 0 aromatic rings. The van der Waals surface area contributed by atoms with Gasteiger partial charge in [-0.1, -0.05) is 6.58 Å². The van der Waals surface area contributed by atoms with Crippen LogP contribution in [-0.2, 0) is 22.6 Å². The topological polar surface area (TPSA) is 94.1 Å². The molecule has 3 atom stereocenters. The van der Waals surface area contributed by atoms with Crippen molar-refractivity contribution in [1.82, 2.24) is 5.32 Å². The highest BCUT2D eigenvalue weighted by atomic mass is 28.5. The Morgan fingerprint density at radius 3 is 2.06 bits per heavy atom. The Bertz CT molecular complexity index is 628. The average molecular weight is 490 g/mol. The minimum absolute atomic E-state index is 0.224. The van der Waals surface area contributed by atoms with Crippen molar-refractivity contribution in [2.75, 3.05) is 6.54 Å². The van der Waals surface area contributed by atoms with E-state index in [4.69, 9.17) is 13.0 Å². The van der Waals surface area contributed by atoms with Crippen molar-refractivity contribution in [3.8, 4) is 0 Å². The first-order valence-electron chi connectivity index (χ1n) is 11.2. The monoisotopic (exact) mass is 489 g/mol. The van der Waals surface area contributed by atoms with Gasteiger partial charge >= 0.3 is 14.5 Å². The first-order valence-corrected chi connectivity index (χ1v) is 20.6. The van der Waals surface area contributed by atoms with Gasteiger partial charge in [0.15, 0.2) is 16.6 Å². The minimum Gasteiger partial charge on any atom is -0.458 e. The predicted molar refractivity (Wildman–Crippen MR) is 131 cm³/mol. The Hall–Kier alpha value is -0.789. The Kier molecular flexibility index (Phi) is 10.4. The highest BCUT2D eigenvalue weighted by Gasteiger charge is 2.41. The number of aliphatic hydroxyl groups is 1. The largest absolute Gasteiger partial charge is 0.458 e. The van der Waals surface area contributed by atoms with Crippen molar-refractivity contribution in [2.24, 2.45) is 5.92 Å². The summed E-state index contributed by atoms with van der Waals surface area (Å²) >= 11 is 0. The maximum absolute atomic E-state index is 12.1. The van der Waals surface area contributed by atoms with E-state index in [0.29, 0.717) is 24.3 Å². The molecule has 1 fully saturated rings. The fraction of sp³-hybridized carbons (Fsp3) is 0.810. The van der Waals surface area contributed by atoms with Gasteiger partial charge in [0.1, 0.15) is 12.6 Å². The van der Waals surface area contributed by atoms with Gasteiger partial charge in [-0.25, -0.2) is 0 Å². The molecule has 180 valence electrons. The quantitative estimate of drug-likeness (QED) is 0.260. The Morgan fingerprint density at radius 2 is 1.58 bits per heavy atom. The summed E-state index contributed by atoms with van der Waals surface area (Å²) in [7, 11) is -5.80. The van der Waals surface area contributed by atoms with Crippen LogP contribution in [-0.4, -0.2) is 60.9 Å². The van der Waals surface area contributed by atoms with Gasteiger partial charge in [0.2, 0.25) is 5.91 Å². The highest BCUT2D eigenvalue weighted by molar-refractivity contribution is 6.87. The molecule has 0 spiro atoms. The summed E-state index contributed by atoms with van der Waals surface area (Å²) in [6.07, 6.45) is 1.83. The van der Waals surface area contributed by atoms with Crippen LogP contribution >= 0.6 is 0 Å². The van der Waals surface area contributed by atoms with Crippen LogP contribution in [0.2, 0.25) is 51.9 Å². The number of hydrogen-bond donors (Lipinski definition) is 2. The molecule has 1 amide bonds. The molecule has 0 saturated heterocycles. The van der Waals surface area contributed by atoms with Gasteiger partial charge in [-0.3, -0.25) is 9.59 Å². The molecule has 0 aromatic carbocycles. The summed E-state index contributed by atoms with van der Waals surface area (Å²) in [5.74, 6) is -0.579. The van der Waals surface area contributed by atoms with Crippen molar-refractivity contribution < 1.29 is 27.7 Å². The zero-order chi connectivity index (χ0) is 24.0. The number of nitrogens with one attached hydrogen (secondary N) is 1. The van der Waals surface area contributed by atoms with Crippen molar-refractivity contribution in [2.45, 2.75) is 96.7 Å². The second kappa shape index (κ2) is 11.4. The lowest BCUT2D eigenvalue weighted by Crippen LogP contribution is -2.52. The van der Waals surface area contributed by atoms with Gasteiger partial charge in [-0.2, -0.15) is 0 Å². The first-order chi connectivity index (χ1) is 14.0. The van der Waals surface area contributed by atoms with Crippen molar-refractivity contribution in [3.63, 3.8) is 0 Å². The lowest BCUT2D eigenvalue weighted by Gasteiger charge is -2.40. The number of ether oxygens (including phenoxy) is 1. The molecule has 1 saturated carbocycles. The molecule has 3 unspecified atom stereocenters. The van der Waals surface area contributed by atoms with Gasteiger partial charge in [0, 0.05) is 5.57 Å². The van der Waals surface area contributed by atoms with E-state index in [0.717, 1.165) is 18.9 Å². The van der Waals surface area contributed by atoms with Gasteiger partial charge < -0.3 is 23.4 Å². The van der Waals surface area contributed by atoms with E-state index in [1.807, 2.05) is 0 Å². The number of carbonyl (C=O) groups excluding carboxylic acids is 2. The lowest BCUT2D eigenvalue weighted by atomic mass is 9.84. The number of amides is 1. The fourth-order valence-electron chi connectivity index (χ4n) is 3.98. The van der Waals surface area contributed by atoms with E-state index in [9.17, 15) is 14.7 Å². The van der Waals surface area contributed by atoms with Gasteiger partial charge in [-0.05, 0) is 90.4 Å². The summed E-state index contributed by atoms with van der Waals surface area (Å²) in [6, 6.07) is 0.900. The van der Waals surface area contributed by atoms with Crippen LogP contribution in [0.15, 0.2) is 12.2 Å². The standard InChI is InChI=1S/C21H43NO6Si3/c1-16(2)21(25)22-15-20(24)26-19-14-17(10-11-18(19)23)12-13-31(9,27-29(3,4)5)28-30(6,7)8/h17-19,23H,1,10-15H2,2-9H3,(H,22,25). The Balaban J connectivity index is 2.67. The van der Waals surface area contributed by atoms with Crippen molar-refractivity contribution >= 4 is 37.1 Å². The van der Waals surface area contributed by atoms with Crippen LogP contribution in [0.25, 0.3) is 0 Å². The van der Waals surface area contributed by atoms with E-state index in [1.165, 1.54) is 0 Å². The second-order valence-electron chi connectivity index (χ2n) is 10.8. The molecule has 0 aromatic heterocycles. The first kappa shape index (κ1) is 28.2. The third-order valence-corrected chi connectivity index (χ3v) is 14.5. The Morgan fingerprint density at radius 1 is 1.03 bits per heavy atom.